The van der Waals surface area contributed by atoms with E-state index in [0.29, 0.717) is 30.0 Å². The Morgan fingerprint density at radius 3 is 2.77 bits per heavy atom. The van der Waals surface area contributed by atoms with Gasteiger partial charge in [-0.05, 0) is 61.1 Å². The highest BCUT2D eigenvalue weighted by Crippen LogP contribution is 2.38. The monoisotopic (exact) mass is 440 g/mol. The first kappa shape index (κ1) is 20.7. The molecule has 156 valence electrons. The van der Waals surface area contributed by atoms with Crippen LogP contribution in [0.25, 0.3) is 16.3 Å². The van der Waals surface area contributed by atoms with E-state index < -0.39 is 0 Å². The molecular weight excluding hydrogens is 416 g/mol. The van der Waals surface area contributed by atoms with Crippen LogP contribution in [0.4, 0.5) is 0 Å². The number of rotatable bonds is 6. The fraction of sp³-hybridized carbons (Fsp3) is 0.318. The zero-order chi connectivity index (χ0) is 21.3. The summed E-state index contributed by atoms with van der Waals surface area (Å²) in [6, 6.07) is 10.2. The maximum atomic E-state index is 5.74. The van der Waals surface area contributed by atoms with Crippen LogP contribution in [0.2, 0.25) is 0 Å². The Kier molecular flexibility index (Phi) is 5.99. The molecule has 30 heavy (non-hydrogen) atoms. The zero-order valence-electron chi connectivity index (χ0n) is 17.4. The lowest BCUT2D eigenvalue weighted by molar-refractivity contribution is 0.183. The van der Waals surface area contributed by atoms with Gasteiger partial charge in [-0.2, -0.15) is 4.98 Å². The molecule has 6 nitrogen and oxygen atoms in total. The highest BCUT2D eigenvalue weighted by atomic mass is 32.1. The molecular formula is C22H24N4O2S2. The minimum absolute atomic E-state index is 0.174. The molecule has 1 aliphatic heterocycles. The molecule has 1 aliphatic rings. The summed E-state index contributed by atoms with van der Waals surface area (Å²) < 4.78 is 11.0. The van der Waals surface area contributed by atoms with Gasteiger partial charge in [0.25, 0.3) is 5.89 Å². The van der Waals surface area contributed by atoms with E-state index in [2.05, 4.69) is 42.5 Å². The third kappa shape index (κ3) is 3.90. The van der Waals surface area contributed by atoms with E-state index in [9.17, 15) is 0 Å². The van der Waals surface area contributed by atoms with Crippen molar-refractivity contribution in [3.63, 3.8) is 0 Å². The van der Waals surface area contributed by atoms with Crippen LogP contribution in [0.15, 0.2) is 45.9 Å². The number of hydrogen-bond acceptors (Lipinski definition) is 6. The fourth-order valence-corrected chi connectivity index (χ4v) is 4.54. The second kappa shape index (κ2) is 8.67. The summed E-state index contributed by atoms with van der Waals surface area (Å²) in [5.41, 5.74) is 5.50. The van der Waals surface area contributed by atoms with Gasteiger partial charge in [0.1, 0.15) is 0 Å². The molecule has 0 saturated heterocycles. The smallest absolute Gasteiger partial charge is 0.258 e. The molecule has 3 aromatic rings. The van der Waals surface area contributed by atoms with E-state index in [-0.39, 0.29) is 6.04 Å². The quantitative estimate of drug-likeness (QED) is 0.556. The number of nitrogens with zero attached hydrogens (tertiary/aromatic N) is 3. The number of benzene rings is 1. The van der Waals surface area contributed by atoms with E-state index in [1.807, 2.05) is 29.3 Å². The van der Waals surface area contributed by atoms with Gasteiger partial charge in [0.2, 0.25) is 5.82 Å². The number of ether oxygens (including phenoxy) is 1. The standard InChI is InChI=1S/C22H24N4O2S2/c1-13-7-8-16(12-14(13)2)19-18(15(3)26(9-10-27-4)22(29)23-19)21-24-20(25-28-21)17-6-5-11-30-17/h5-8,11-12,19H,9-10H2,1-4H3,(H,23,29). The molecule has 1 aromatic carbocycles. The number of allylic oxidation sites excluding steroid dienone is 1. The summed E-state index contributed by atoms with van der Waals surface area (Å²) >= 11 is 7.27. The van der Waals surface area contributed by atoms with Gasteiger partial charge in [0.15, 0.2) is 5.11 Å². The van der Waals surface area contributed by atoms with Crippen LogP contribution >= 0.6 is 23.6 Å². The molecule has 1 N–H and O–H groups in total. The molecule has 0 bridgehead atoms. The van der Waals surface area contributed by atoms with Gasteiger partial charge in [-0.3, -0.25) is 0 Å². The van der Waals surface area contributed by atoms with Gasteiger partial charge in [-0.25, -0.2) is 0 Å². The lowest BCUT2D eigenvalue weighted by Crippen LogP contribution is -2.47. The minimum Gasteiger partial charge on any atom is -0.383 e. The number of nitrogens with one attached hydrogen (secondary N) is 1. The predicted octanol–water partition coefficient (Wildman–Crippen LogP) is 4.72. The maximum Gasteiger partial charge on any atom is 0.258 e. The van der Waals surface area contributed by atoms with Crippen molar-refractivity contribution in [3.8, 4) is 10.7 Å². The summed E-state index contributed by atoms with van der Waals surface area (Å²) in [6.07, 6.45) is 0. The SMILES string of the molecule is COCCN1C(=S)NC(c2ccc(C)c(C)c2)C(c2nc(-c3cccs3)no2)=C1C. The van der Waals surface area contributed by atoms with Gasteiger partial charge in [-0.1, -0.05) is 29.4 Å². The molecule has 1 unspecified atom stereocenters. The highest BCUT2D eigenvalue weighted by molar-refractivity contribution is 7.80. The Morgan fingerprint density at radius 1 is 1.23 bits per heavy atom. The molecule has 0 radical (unpaired) electrons. The molecule has 0 saturated carbocycles. The molecule has 0 amide bonds. The number of methoxy groups -OCH3 is 1. The van der Waals surface area contributed by atoms with Crippen molar-refractivity contribution < 1.29 is 9.26 Å². The Morgan fingerprint density at radius 2 is 2.07 bits per heavy atom. The zero-order valence-corrected chi connectivity index (χ0v) is 19.1. The first-order valence-electron chi connectivity index (χ1n) is 9.72. The van der Waals surface area contributed by atoms with Crippen molar-refractivity contribution in [2.75, 3.05) is 20.3 Å². The third-order valence-electron chi connectivity index (χ3n) is 5.38. The summed E-state index contributed by atoms with van der Waals surface area (Å²) in [5.74, 6) is 1.09. The van der Waals surface area contributed by atoms with Crippen LogP contribution in [-0.4, -0.2) is 40.4 Å². The average molecular weight is 441 g/mol. The summed E-state index contributed by atoms with van der Waals surface area (Å²) in [4.78, 5) is 7.72. The van der Waals surface area contributed by atoms with Gasteiger partial charge in [-0.15, -0.1) is 11.3 Å². The lowest BCUT2D eigenvalue weighted by atomic mass is 9.92. The summed E-state index contributed by atoms with van der Waals surface area (Å²) in [5, 5.41) is 10.4. The average Bonchev–Trinajstić information content (AvgIpc) is 3.41. The molecule has 0 fully saturated rings. The van der Waals surface area contributed by atoms with Gasteiger partial charge >= 0.3 is 0 Å². The second-order valence-electron chi connectivity index (χ2n) is 7.27. The molecule has 3 heterocycles. The maximum absolute atomic E-state index is 5.74. The minimum atomic E-state index is -0.174. The Hall–Kier alpha value is -2.55. The summed E-state index contributed by atoms with van der Waals surface area (Å²) in [6.45, 7) is 7.47. The van der Waals surface area contributed by atoms with Crippen LogP contribution < -0.4 is 5.32 Å². The van der Waals surface area contributed by atoms with E-state index in [1.54, 1.807) is 18.4 Å². The van der Waals surface area contributed by atoms with Crippen LogP contribution in [0.1, 0.15) is 35.5 Å². The van der Waals surface area contributed by atoms with Crippen LogP contribution in [0.5, 0.6) is 0 Å². The lowest BCUT2D eigenvalue weighted by Gasteiger charge is -2.37. The molecule has 8 heteroatoms. The molecule has 0 aliphatic carbocycles. The normalized spacial score (nSPS) is 16.9. The van der Waals surface area contributed by atoms with Crippen molar-refractivity contribution >= 4 is 34.2 Å². The number of aromatic nitrogens is 2. The van der Waals surface area contributed by atoms with Crippen molar-refractivity contribution in [1.29, 1.82) is 0 Å². The van der Waals surface area contributed by atoms with Gasteiger partial charge in [0, 0.05) is 19.4 Å². The van der Waals surface area contributed by atoms with Gasteiger partial charge < -0.3 is 19.5 Å². The molecule has 4 rings (SSSR count). The number of aryl methyl sites for hydroxylation is 2. The van der Waals surface area contributed by atoms with Crippen molar-refractivity contribution in [2.45, 2.75) is 26.8 Å². The third-order valence-corrected chi connectivity index (χ3v) is 6.58. The topological polar surface area (TPSA) is 63.4 Å². The van der Waals surface area contributed by atoms with Crippen molar-refractivity contribution in [3.05, 3.63) is 64.0 Å². The predicted molar refractivity (Wildman–Crippen MR) is 123 cm³/mol. The van der Waals surface area contributed by atoms with Crippen LogP contribution in [-0.2, 0) is 4.74 Å². The number of thiocarbonyl (C=S) groups is 1. The number of hydrogen-bond donors (Lipinski definition) is 1. The first-order chi connectivity index (χ1) is 14.5. The summed E-state index contributed by atoms with van der Waals surface area (Å²) in [7, 11) is 1.68. The van der Waals surface area contributed by atoms with Crippen molar-refractivity contribution in [2.24, 2.45) is 0 Å². The van der Waals surface area contributed by atoms with Crippen LogP contribution in [0.3, 0.4) is 0 Å². The highest BCUT2D eigenvalue weighted by Gasteiger charge is 2.34. The molecule has 0 spiro atoms. The Labute approximate surface area is 185 Å². The van der Waals surface area contributed by atoms with Gasteiger partial charge in [0.05, 0.1) is 23.1 Å². The second-order valence-corrected chi connectivity index (χ2v) is 8.60. The Balaban J connectivity index is 1.81. The molecule has 2 aromatic heterocycles. The Bertz CT molecular complexity index is 1090. The largest absolute Gasteiger partial charge is 0.383 e. The fourth-order valence-electron chi connectivity index (χ4n) is 3.54. The molecule has 1 atom stereocenters. The van der Waals surface area contributed by atoms with E-state index in [4.69, 9.17) is 26.5 Å². The van der Waals surface area contributed by atoms with E-state index in [1.165, 1.54) is 11.1 Å². The number of thiophene rings is 1. The van der Waals surface area contributed by atoms with E-state index in [0.717, 1.165) is 21.7 Å². The van der Waals surface area contributed by atoms with Crippen molar-refractivity contribution in [1.82, 2.24) is 20.4 Å². The van der Waals surface area contributed by atoms with Crippen LogP contribution in [0, 0.1) is 13.8 Å². The first-order valence-corrected chi connectivity index (χ1v) is 11.0. The van der Waals surface area contributed by atoms with E-state index >= 15 is 0 Å².